The number of nitrogens with zero attached hydrogens (tertiary/aromatic N) is 1. The van der Waals surface area contributed by atoms with Gasteiger partial charge in [0.05, 0.1) is 4.90 Å². The van der Waals surface area contributed by atoms with Crippen LogP contribution in [0.1, 0.15) is 39.7 Å². The molecular weight excluding hydrogens is 288 g/mol. The van der Waals surface area contributed by atoms with E-state index in [4.69, 9.17) is 0 Å². The molecule has 0 unspecified atom stereocenters. The van der Waals surface area contributed by atoms with E-state index in [0.29, 0.717) is 12.8 Å². The van der Waals surface area contributed by atoms with Crippen molar-refractivity contribution in [1.82, 2.24) is 4.72 Å². The van der Waals surface area contributed by atoms with E-state index in [-0.39, 0.29) is 22.9 Å². The van der Waals surface area contributed by atoms with Crippen LogP contribution in [0.2, 0.25) is 0 Å². The van der Waals surface area contributed by atoms with Crippen LogP contribution in [0, 0.1) is 0 Å². The summed E-state index contributed by atoms with van der Waals surface area (Å²) in [6.07, 6.45) is 1.13. The Morgan fingerprint density at radius 2 is 2.10 bits per heavy atom. The zero-order valence-corrected chi connectivity index (χ0v) is 13.7. The van der Waals surface area contributed by atoms with Gasteiger partial charge in [-0.2, -0.15) is 0 Å². The molecule has 0 aromatic heterocycles. The van der Waals surface area contributed by atoms with Gasteiger partial charge in [0.2, 0.25) is 15.9 Å². The van der Waals surface area contributed by atoms with Crippen LogP contribution in [0.25, 0.3) is 0 Å². The molecule has 1 amide bonds. The van der Waals surface area contributed by atoms with E-state index in [1.54, 1.807) is 36.9 Å². The second kappa shape index (κ2) is 5.77. The van der Waals surface area contributed by atoms with Crippen molar-refractivity contribution >= 4 is 21.6 Å². The second-order valence-electron chi connectivity index (χ2n) is 5.74. The summed E-state index contributed by atoms with van der Waals surface area (Å²) < 4.78 is 27.0. The van der Waals surface area contributed by atoms with Crippen LogP contribution < -0.4 is 9.62 Å². The molecule has 0 radical (unpaired) electrons. The number of fused-ring (bicyclic) bond motifs is 1. The van der Waals surface area contributed by atoms with Gasteiger partial charge >= 0.3 is 0 Å². The van der Waals surface area contributed by atoms with Gasteiger partial charge in [-0.1, -0.05) is 6.92 Å². The highest BCUT2D eigenvalue weighted by Gasteiger charge is 2.31. The van der Waals surface area contributed by atoms with Crippen LogP contribution in [0.15, 0.2) is 23.1 Å². The van der Waals surface area contributed by atoms with Crippen LogP contribution in [0.3, 0.4) is 0 Å². The monoisotopic (exact) mass is 310 g/mol. The minimum absolute atomic E-state index is 0.0668. The van der Waals surface area contributed by atoms with Crippen molar-refractivity contribution in [2.45, 2.75) is 57.5 Å². The third-order valence-corrected chi connectivity index (χ3v) is 5.20. The van der Waals surface area contributed by atoms with Gasteiger partial charge in [-0.3, -0.25) is 4.79 Å². The predicted molar refractivity (Wildman–Crippen MR) is 82.8 cm³/mol. The van der Waals surface area contributed by atoms with Crippen LogP contribution >= 0.6 is 0 Å². The first-order valence-corrected chi connectivity index (χ1v) is 8.72. The highest BCUT2D eigenvalue weighted by atomic mass is 32.2. The largest absolute Gasteiger partial charge is 0.309 e. The Hall–Kier alpha value is -1.40. The lowest BCUT2D eigenvalue weighted by atomic mass is 10.1. The molecule has 1 N–H and O–H groups in total. The number of nitrogens with one attached hydrogen (secondary N) is 1. The molecule has 0 aliphatic carbocycles. The summed E-state index contributed by atoms with van der Waals surface area (Å²) in [4.78, 5) is 14.0. The smallest absolute Gasteiger partial charge is 0.240 e. The fourth-order valence-corrected chi connectivity index (χ4v) is 4.00. The van der Waals surface area contributed by atoms with Gasteiger partial charge < -0.3 is 4.90 Å². The number of benzene rings is 1. The van der Waals surface area contributed by atoms with Gasteiger partial charge in [0.25, 0.3) is 0 Å². The number of anilines is 1. The molecule has 116 valence electrons. The number of carbonyl (C=O) groups excluding carboxylic acids is 1. The van der Waals surface area contributed by atoms with Crippen LogP contribution in [-0.4, -0.2) is 26.4 Å². The summed E-state index contributed by atoms with van der Waals surface area (Å²) in [6.45, 7) is 7.38. The molecule has 21 heavy (non-hydrogen) atoms. The summed E-state index contributed by atoms with van der Waals surface area (Å²) in [5.41, 5.74) is 1.74. The minimum Gasteiger partial charge on any atom is -0.309 e. The molecule has 1 atom stereocenters. The van der Waals surface area contributed by atoms with Gasteiger partial charge in [0, 0.05) is 24.2 Å². The molecular formula is C15H22N2O3S. The summed E-state index contributed by atoms with van der Waals surface area (Å²) in [5, 5.41) is 0. The highest BCUT2D eigenvalue weighted by molar-refractivity contribution is 7.89. The summed E-state index contributed by atoms with van der Waals surface area (Å²) >= 11 is 0. The third-order valence-electron chi connectivity index (χ3n) is 3.54. The van der Waals surface area contributed by atoms with E-state index in [1.807, 2.05) is 13.8 Å². The molecule has 0 spiro atoms. The first-order valence-electron chi connectivity index (χ1n) is 7.23. The van der Waals surface area contributed by atoms with Crippen molar-refractivity contribution in [3.8, 4) is 0 Å². The molecule has 6 heteroatoms. The molecule has 0 bridgehead atoms. The van der Waals surface area contributed by atoms with Crippen molar-refractivity contribution < 1.29 is 13.2 Å². The van der Waals surface area contributed by atoms with Crippen molar-refractivity contribution in [2.75, 3.05) is 4.90 Å². The average Bonchev–Trinajstić information content (AvgIpc) is 2.71. The van der Waals surface area contributed by atoms with Crippen molar-refractivity contribution in [3.05, 3.63) is 23.8 Å². The molecule has 1 aromatic rings. The summed E-state index contributed by atoms with van der Waals surface area (Å²) in [6, 6.07) is 4.90. The Kier molecular flexibility index (Phi) is 4.39. The number of carbonyl (C=O) groups is 1. The SMILES string of the molecule is CCC(=O)N1c2ccc(S(=O)(=O)NC(C)C)cc2C[C@H]1C. The molecule has 0 saturated heterocycles. The van der Waals surface area contributed by atoms with Crippen LogP contribution in [0.5, 0.6) is 0 Å². The van der Waals surface area contributed by atoms with E-state index in [0.717, 1.165) is 11.3 Å². The molecule has 0 saturated carbocycles. The molecule has 2 rings (SSSR count). The molecule has 5 nitrogen and oxygen atoms in total. The van der Waals surface area contributed by atoms with Crippen molar-refractivity contribution in [2.24, 2.45) is 0 Å². The molecule has 1 aliphatic rings. The Balaban J connectivity index is 2.39. The second-order valence-corrected chi connectivity index (χ2v) is 7.45. The Labute approximate surface area is 126 Å². The fraction of sp³-hybridized carbons (Fsp3) is 0.533. The lowest BCUT2D eigenvalue weighted by Crippen LogP contribution is -2.35. The van der Waals surface area contributed by atoms with Crippen LogP contribution in [0.4, 0.5) is 5.69 Å². The maximum atomic E-state index is 12.2. The molecule has 1 aliphatic heterocycles. The average molecular weight is 310 g/mol. The van der Waals surface area contributed by atoms with Gasteiger partial charge in [-0.15, -0.1) is 0 Å². The number of sulfonamides is 1. The number of hydrogen-bond acceptors (Lipinski definition) is 3. The van der Waals surface area contributed by atoms with E-state index >= 15 is 0 Å². The highest BCUT2D eigenvalue weighted by Crippen LogP contribution is 2.34. The number of amides is 1. The van der Waals surface area contributed by atoms with E-state index in [9.17, 15) is 13.2 Å². The molecule has 0 fully saturated rings. The number of hydrogen-bond donors (Lipinski definition) is 1. The summed E-state index contributed by atoms with van der Waals surface area (Å²) in [5.74, 6) is 0.0668. The Morgan fingerprint density at radius 3 is 2.67 bits per heavy atom. The predicted octanol–water partition coefficient (Wildman–Crippen LogP) is 2.06. The molecule has 1 heterocycles. The maximum Gasteiger partial charge on any atom is 0.240 e. The lowest BCUT2D eigenvalue weighted by molar-refractivity contribution is -0.118. The van der Waals surface area contributed by atoms with Crippen molar-refractivity contribution in [1.29, 1.82) is 0 Å². The van der Waals surface area contributed by atoms with E-state index in [2.05, 4.69) is 4.72 Å². The van der Waals surface area contributed by atoms with Gasteiger partial charge in [0.15, 0.2) is 0 Å². The zero-order chi connectivity index (χ0) is 15.8. The lowest BCUT2D eigenvalue weighted by Gasteiger charge is -2.22. The standard InChI is InChI=1S/C15H22N2O3S/c1-5-15(18)17-11(4)8-12-9-13(6-7-14(12)17)21(19,20)16-10(2)3/h6-7,9-11,16H,5,8H2,1-4H3/t11-/m1/s1. The first kappa shape index (κ1) is 16.0. The topological polar surface area (TPSA) is 66.5 Å². The van der Waals surface area contributed by atoms with E-state index in [1.165, 1.54) is 0 Å². The summed E-state index contributed by atoms with van der Waals surface area (Å²) in [7, 11) is -3.50. The maximum absolute atomic E-state index is 12.2. The van der Waals surface area contributed by atoms with Crippen molar-refractivity contribution in [3.63, 3.8) is 0 Å². The van der Waals surface area contributed by atoms with E-state index < -0.39 is 10.0 Å². The minimum atomic E-state index is -3.50. The fourth-order valence-electron chi connectivity index (χ4n) is 2.70. The quantitative estimate of drug-likeness (QED) is 0.925. The Morgan fingerprint density at radius 1 is 1.43 bits per heavy atom. The van der Waals surface area contributed by atoms with Crippen LogP contribution in [-0.2, 0) is 21.2 Å². The molecule has 1 aromatic carbocycles. The Bertz CT molecular complexity index is 653. The van der Waals surface area contributed by atoms with Gasteiger partial charge in [0.1, 0.15) is 0 Å². The number of rotatable bonds is 4. The third kappa shape index (κ3) is 3.11. The van der Waals surface area contributed by atoms with Gasteiger partial charge in [-0.05, 0) is 51.0 Å². The zero-order valence-electron chi connectivity index (χ0n) is 12.9. The normalized spacial score (nSPS) is 18.1. The van der Waals surface area contributed by atoms with Gasteiger partial charge in [-0.25, -0.2) is 13.1 Å². The first-order chi connectivity index (χ1) is 9.76.